The number of carboxylic acids is 1. The summed E-state index contributed by atoms with van der Waals surface area (Å²) >= 11 is 12.2. The molecule has 0 fully saturated rings. The molecule has 0 radical (unpaired) electrons. The highest BCUT2D eigenvalue weighted by Gasteiger charge is 2.12. The number of fused-ring (bicyclic) bond motifs is 1. The monoisotopic (exact) mass is 438 g/mol. The predicted octanol–water partition coefficient (Wildman–Crippen LogP) is 6.39. The van der Waals surface area contributed by atoms with E-state index in [-0.39, 0.29) is 6.42 Å². The lowest BCUT2D eigenvalue weighted by molar-refractivity contribution is -0.136. The minimum Gasteiger partial charge on any atom is -0.481 e. The molecular weight excluding hydrogens is 419 g/mol. The van der Waals surface area contributed by atoms with Crippen LogP contribution in [0, 0.1) is 0 Å². The predicted molar refractivity (Wildman–Crippen MR) is 123 cm³/mol. The Balaban J connectivity index is 1.58. The highest BCUT2D eigenvalue weighted by molar-refractivity contribution is 6.42. The molecule has 0 saturated carbocycles. The number of para-hydroxylation sites is 1. The van der Waals surface area contributed by atoms with Crippen molar-refractivity contribution < 1.29 is 9.90 Å². The lowest BCUT2D eigenvalue weighted by Gasteiger charge is -2.20. The first kappa shape index (κ1) is 20.3. The van der Waals surface area contributed by atoms with E-state index in [1.165, 1.54) is 0 Å². The van der Waals surface area contributed by atoms with Crippen LogP contribution in [0.5, 0.6) is 0 Å². The smallest absolute Gasteiger partial charge is 0.307 e. The summed E-state index contributed by atoms with van der Waals surface area (Å²) in [6.07, 6.45) is 1.95. The molecule has 1 aromatic heterocycles. The third-order valence-electron chi connectivity index (χ3n) is 5.18. The van der Waals surface area contributed by atoms with E-state index in [1.54, 1.807) is 6.07 Å². The van der Waals surface area contributed by atoms with Gasteiger partial charge in [0.05, 0.1) is 16.5 Å². The van der Waals surface area contributed by atoms with Gasteiger partial charge in [-0.2, -0.15) is 0 Å². The number of carboxylic acid groups (broad SMARTS) is 1. The molecule has 0 amide bonds. The molecule has 4 nitrogen and oxygen atoms in total. The van der Waals surface area contributed by atoms with Crippen LogP contribution < -0.4 is 4.90 Å². The van der Waals surface area contributed by atoms with Crippen LogP contribution in [-0.2, 0) is 17.8 Å². The summed E-state index contributed by atoms with van der Waals surface area (Å²) in [5, 5.41) is 11.2. The number of rotatable bonds is 6. The zero-order valence-corrected chi connectivity index (χ0v) is 17.9. The summed E-state index contributed by atoms with van der Waals surface area (Å²) in [7, 11) is 1.98. The Bertz CT molecular complexity index is 1220. The number of benzene rings is 3. The first-order valence-corrected chi connectivity index (χ1v) is 10.2. The van der Waals surface area contributed by atoms with Crippen LogP contribution in [0.2, 0.25) is 10.0 Å². The van der Waals surface area contributed by atoms with Gasteiger partial charge in [0.15, 0.2) is 0 Å². The van der Waals surface area contributed by atoms with Crippen LogP contribution in [0.4, 0.5) is 11.4 Å². The van der Waals surface area contributed by atoms with Gasteiger partial charge >= 0.3 is 5.97 Å². The van der Waals surface area contributed by atoms with E-state index in [1.807, 2.05) is 54.5 Å². The van der Waals surface area contributed by atoms with Crippen molar-refractivity contribution in [3.05, 3.63) is 94.1 Å². The van der Waals surface area contributed by atoms with E-state index in [2.05, 4.69) is 28.8 Å². The summed E-state index contributed by atoms with van der Waals surface area (Å²) in [6.45, 7) is 0.664. The molecule has 0 aliphatic rings. The third-order valence-corrected chi connectivity index (χ3v) is 5.92. The number of aliphatic carboxylic acids is 1. The number of aromatic nitrogens is 1. The molecule has 0 unspecified atom stereocenters. The number of hydrogen-bond acceptors (Lipinski definition) is 2. The maximum Gasteiger partial charge on any atom is 0.307 e. The number of carbonyl (C=O) groups is 1. The SMILES string of the molecule is CN(c1ccc(Cn2cc(CC(=O)O)c3ccccc32)cc1)c1ccc(Cl)c(Cl)c1. The Hall–Kier alpha value is -2.95. The second-order valence-corrected chi connectivity index (χ2v) is 8.01. The van der Waals surface area contributed by atoms with Gasteiger partial charge in [-0.1, -0.05) is 53.5 Å². The molecule has 1 N–H and O–H groups in total. The van der Waals surface area contributed by atoms with Crippen LogP contribution in [0.15, 0.2) is 72.9 Å². The summed E-state index contributed by atoms with van der Waals surface area (Å²) in [5.74, 6) is -0.826. The first-order valence-electron chi connectivity index (χ1n) is 9.48. The lowest BCUT2D eigenvalue weighted by Crippen LogP contribution is -2.09. The van der Waals surface area contributed by atoms with Crippen molar-refractivity contribution in [1.82, 2.24) is 4.57 Å². The van der Waals surface area contributed by atoms with E-state index >= 15 is 0 Å². The highest BCUT2D eigenvalue weighted by atomic mass is 35.5. The number of halogens is 2. The highest BCUT2D eigenvalue weighted by Crippen LogP contribution is 2.31. The van der Waals surface area contributed by atoms with E-state index in [4.69, 9.17) is 23.2 Å². The van der Waals surface area contributed by atoms with Crippen molar-refractivity contribution >= 4 is 51.4 Å². The van der Waals surface area contributed by atoms with Crippen molar-refractivity contribution in [3.63, 3.8) is 0 Å². The van der Waals surface area contributed by atoms with Gasteiger partial charge in [-0.15, -0.1) is 0 Å². The van der Waals surface area contributed by atoms with Crippen LogP contribution >= 0.6 is 23.2 Å². The number of nitrogens with zero attached hydrogens (tertiary/aromatic N) is 2. The summed E-state index contributed by atoms with van der Waals surface area (Å²) in [4.78, 5) is 13.3. The maximum atomic E-state index is 11.2. The quantitative estimate of drug-likeness (QED) is 0.379. The van der Waals surface area contributed by atoms with Crippen LogP contribution in [0.3, 0.4) is 0 Å². The average Bonchev–Trinajstić information content (AvgIpc) is 3.07. The van der Waals surface area contributed by atoms with E-state index < -0.39 is 5.97 Å². The van der Waals surface area contributed by atoms with Gasteiger partial charge in [0.2, 0.25) is 0 Å². The minimum atomic E-state index is -0.826. The molecule has 1 heterocycles. The molecule has 0 aliphatic heterocycles. The van der Waals surface area contributed by atoms with E-state index in [0.717, 1.165) is 33.4 Å². The molecular formula is C24H20Cl2N2O2. The molecule has 4 aromatic rings. The van der Waals surface area contributed by atoms with Crippen molar-refractivity contribution in [2.45, 2.75) is 13.0 Å². The van der Waals surface area contributed by atoms with Crippen LogP contribution in [0.1, 0.15) is 11.1 Å². The Morgan fingerprint density at radius 3 is 2.37 bits per heavy atom. The lowest BCUT2D eigenvalue weighted by atomic mass is 10.1. The fraction of sp³-hybridized carbons (Fsp3) is 0.125. The van der Waals surface area contributed by atoms with Gasteiger partial charge in [-0.05, 0) is 47.5 Å². The molecule has 3 aromatic carbocycles. The molecule has 0 saturated heterocycles. The largest absolute Gasteiger partial charge is 0.481 e. The first-order chi connectivity index (χ1) is 14.4. The van der Waals surface area contributed by atoms with Gasteiger partial charge < -0.3 is 14.6 Å². The number of anilines is 2. The molecule has 6 heteroatoms. The average molecular weight is 439 g/mol. The minimum absolute atomic E-state index is 0.0148. The second-order valence-electron chi connectivity index (χ2n) is 7.19. The van der Waals surface area contributed by atoms with Crippen LogP contribution in [-0.4, -0.2) is 22.7 Å². The number of hydrogen-bond donors (Lipinski definition) is 1. The van der Waals surface area contributed by atoms with Crippen molar-refractivity contribution in [3.8, 4) is 0 Å². The van der Waals surface area contributed by atoms with Crippen LogP contribution in [0.25, 0.3) is 10.9 Å². The third kappa shape index (κ3) is 4.16. The Morgan fingerprint density at radius 1 is 0.967 bits per heavy atom. The van der Waals surface area contributed by atoms with Crippen molar-refractivity contribution in [1.29, 1.82) is 0 Å². The molecule has 0 bridgehead atoms. The van der Waals surface area contributed by atoms with Gasteiger partial charge in [0, 0.05) is 42.1 Å². The summed E-state index contributed by atoms with van der Waals surface area (Å²) in [6, 6.07) is 21.7. The molecule has 4 rings (SSSR count). The summed E-state index contributed by atoms with van der Waals surface area (Å²) in [5.41, 5.74) is 4.97. The van der Waals surface area contributed by atoms with Gasteiger partial charge in [-0.3, -0.25) is 4.79 Å². The fourth-order valence-electron chi connectivity index (χ4n) is 3.62. The van der Waals surface area contributed by atoms with Gasteiger partial charge in [0.1, 0.15) is 0 Å². The van der Waals surface area contributed by atoms with Crippen molar-refractivity contribution in [2.24, 2.45) is 0 Å². The van der Waals surface area contributed by atoms with E-state index in [0.29, 0.717) is 16.6 Å². The molecule has 0 atom stereocenters. The molecule has 0 spiro atoms. The van der Waals surface area contributed by atoms with Gasteiger partial charge in [-0.25, -0.2) is 0 Å². The molecule has 30 heavy (non-hydrogen) atoms. The molecule has 152 valence electrons. The Kier molecular flexibility index (Phi) is 5.71. The standard InChI is InChI=1S/C24H20Cl2N2O2/c1-27(19-10-11-21(25)22(26)13-19)18-8-6-16(7-9-18)14-28-15-17(12-24(29)30)20-4-2-3-5-23(20)28/h2-11,13,15H,12,14H2,1H3,(H,29,30). The molecule has 0 aliphatic carbocycles. The Labute approximate surface area is 184 Å². The van der Waals surface area contributed by atoms with Gasteiger partial charge in [0.25, 0.3) is 0 Å². The van der Waals surface area contributed by atoms with E-state index in [9.17, 15) is 9.90 Å². The zero-order chi connectivity index (χ0) is 21.3. The van der Waals surface area contributed by atoms with Crippen molar-refractivity contribution in [2.75, 3.05) is 11.9 Å². The maximum absolute atomic E-state index is 11.2. The second kappa shape index (κ2) is 8.42. The normalized spacial score (nSPS) is 11.0. The summed E-state index contributed by atoms with van der Waals surface area (Å²) < 4.78 is 2.10. The fourth-order valence-corrected chi connectivity index (χ4v) is 3.91. The zero-order valence-electron chi connectivity index (χ0n) is 16.3. The Morgan fingerprint density at radius 2 is 1.67 bits per heavy atom. The topological polar surface area (TPSA) is 45.5 Å².